The largest absolute Gasteiger partial charge is 0.492 e. The molecule has 0 spiro atoms. The second kappa shape index (κ2) is 9.15. The molecule has 1 aliphatic carbocycles. The molecule has 0 atom stereocenters. The molecule has 24 heavy (non-hydrogen) atoms. The van der Waals surface area contributed by atoms with Crippen molar-refractivity contribution in [2.45, 2.75) is 52.0 Å². The normalized spacial score (nSPS) is 14.8. The molecule has 1 aliphatic rings. The Kier molecular flexibility index (Phi) is 6.90. The molecule has 0 aromatic heterocycles. The van der Waals surface area contributed by atoms with Crippen LogP contribution in [0.5, 0.6) is 5.75 Å². The molecule has 2 rings (SSSR count). The summed E-state index contributed by atoms with van der Waals surface area (Å²) in [4.78, 5) is 24.0. The molecule has 1 aromatic rings. The van der Waals surface area contributed by atoms with Gasteiger partial charge in [0.05, 0.1) is 24.5 Å². The summed E-state index contributed by atoms with van der Waals surface area (Å²) in [6.45, 7) is 4.35. The molecule has 1 saturated carbocycles. The van der Waals surface area contributed by atoms with Crippen molar-refractivity contribution < 1.29 is 19.1 Å². The summed E-state index contributed by atoms with van der Waals surface area (Å²) >= 11 is 0. The van der Waals surface area contributed by atoms with Gasteiger partial charge in [0.2, 0.25) is 0 Å². The summed E-state index contributed by atoms with van der Waals surface area (Å²) in [7, 11) is 0. The fraction of sp³-hybridized carbons (Fsp3) is 0.556. The van der Waals surface area contributed by atoms with E-state index in [1.165, 1.54) is 6.42 Å². The number of benzene rings is 1. The Morgan fingerprint density at radius 2 is 1.88 bits per heavy atom. The van der Waals surface area contributed by atoms with Crippen LogP contribution >= 0.6 is 0 Å². The van der Waals surface area contributed by atoms with Crippen molar-refractivity contribution in [2.24, 2.45) is 0 Å². The quantitative estimate of drug-likeness (QED) is 0.777. The lowest BCUT2D eigenvalue weighted by molar-refractivity contribution is 0.0526. The maximum atomic E-state index is 12.2. The first-order valence-corrected chi connectivity index (χ1v) is 8.65. The number of rotatable bonds is 6. The number of carbonyl (C=O) groups is 2. The molecule has 2 N–H and O–H groups in total. The van der Waals surface area contributed by atoms with Crippen LogP contribution in [0.25, 0.3) is 0 Å². The Bertz CT molecular complexity index is 568. The summed E-state index contributed by atoms with van der Waals surface area (Å²) in [6.07, 6.45) is 5.59. The molecule has 132 valence electrons. The van der Waals surface area contributed by atoms with Crippen LogP contribution in [0.1, 0.15) is 56.3 Å². The van der Waals surface area contributed by atoms with Crippen molar-refractivity contribution in [3.05, 3.63) is 23.8 Å². The van der Waals surface area contributed by atoms with E-state index in [9.17, 15) is 9.59 Å². The first-order valence-electron chi connectivity index (χ1n) is 8.65. The number of carbonyl (C=O) groups excluding carboxylic acids is 2. The number of urea groups is 1. The lowest BCUT2D eigenvalue weighted by Crippen LogP contribution is -2.39. The Morgan fingerprint density at radius 1 is 1.12 bits per heavy atom. The van der Waals surface area contributed by atoms with Crippen molar-refractivity contribution in [3.63, 3.8) is 0 Å². The molecule has 0 radical (unpaired) electrons. The van der Waals surface area contributed by atoms with Crippen molar-refractivity contribution in [1.82, 2.24) is 5.32 Å². The number of nitrogens with one attached hydrogen (secondary N) is 2. The van der Waals surface area contributed by atoms with Gasteiger partial charge >= 0.3 is 12.0 Å². The summed E-state index contributed by atoms with van der Waals surface area (Å²) in [6, 6.07) is 4.87. The lowest BCUT2D eigenvalue weighted by atomic mass is 9.96. The highest BCUT2D eigenvalue weighted by molar-refractivity contribution is 5.94. The molecule has 2 amide bonds. The minimum Gasteiger partial charge on any atom is -0.492 e. The molecule has 6 nitrogen and oxygen atoms in total. The molecule has 0 bridgehead atoms. The lowest BCUT2D eigenvalue weighted by Gasteiger charge is -2.23. The van der Waals surface area contributed by atoms with Crippen LogP contribution in [0, 0.1) is 0 Å². The van der Waals surface area contributed by atoms with Gasteiger partial charge in [0.25, 0.3) is 0 Å². The monoisotopic (exact) mass is 334 g/mol. The van der Waals surface area contributed by atoms with Gasteiger partial charge in [0, 0.05) is 6.04 Å². The third-order valence-electron chi connectivity index (χ3n) is 3.98. The minimum atomic E-state index is -0.406. The Balaban J connectivity index is 2.04. The SMILES string of the molecule is CCOC(=O)c1ccc(NC(=O)NC2CCCCC2)c(OCC)c1. The molecule has 1 fully saturated rings. The van der Waals surface area contributed by atoms with Crippen LogP contribution in [0.3, 0.4) is 0 Å². The first-order chi connectivity index (χ1) is 11.6. The average molecular weight is 334 g/mol. The van der Waals surface area contributed by atoms with E-state index in [0.29, 0.717) is 30.2 Å². The van der Waals surface area contributed by atoms with Crippen LogP contribution < -0.4 is 15.4 Å². The number of hydrogen-bond donors (Lipinski definition) is 2. The number of anilines is 1. The topological polar surface area (TPSA) is 76.7 Å². The van der Waals surface area contributed by atoms with E-state index >= 15 is 0 Å². The van der Waals surface area contributed by atoms with E-state index in [4.69, 9.17) is 9.47 Å². The van der Waals surface area contributed by atoms with Gasteiger partial charge < -0.3 is 20.1 Å². The number of ether oxygens (including phenoxy) is 2. The molecule has 0 aliphatic heterocycles. The van der Waals surface area contributed by atoms with Crippen molar-refractivity contribution in [3.8, 4) is 5.75 Å². The van der Waals surface area contributed by atoms with E-state index in [1.807, 2.05) is 6.92 Å². The van der Waals surface area contributed by atoms with Gasteiger partial charge in [-0.05, 0) is 44.9 Å². The smallest absolute Gasteiger partial charge is 0.338 e. The minimum absolute atomic E-state index is 0.230. The summed E-state index contributed by atoms with van der Waals surface area (Å²) in [5.41, 5.74) is 0.941. The van der Waals surface area contributed by atoms with E-state index < -0.39 is 5.97 Å². The molecular weight excluding hydrogens is 308 g/mol. The summed E-state index contributed by atoms with van der Waals surface area (Å²) < 4.78 is 10.5. The highest BCUT2D eigenvalue weighted by Gasteiger charge is 2.17. The predicted octanol–water partition coefficient (Wildman–Crippen LogP) is 3.72. The van der Waals surface area contributed by atoms with Crippen LogP contribution in [0.2, 0.25) is 0 Å². The van der Waals surface area contributed by atoms with Crippen molar-refractivity contribution in [2.75, 3.05) is 18.5 Å². The van der Waals surface area contributed by atoms with Gasteiger partial charge in [-0.2, -0.15) is 0 Å². The zero-order valence-corrected chi connectivity index (χ0v) is 14.4. The number of amides is 2. The van der Waals surface area contributed by atoms with Gasteiger partial charge in [-0.25, -0.2) is 9.59 Å². The van der Waals surface area contributed by atoms with E-state index in [0.717, 1.165) is 25.7 Å². The Morgan fingerprint density at radius 3 is 2.54 bits per heavy atom. The van der Waals surface area contributed by atoms with Gasteiger partial charge in [-0.15, -0.1) is 0 Å². The van der Waals surface area contributed by atoms with Crippen LogP contribution in [0.4, 0.5) is 10.5 Å². The van der Waals surface area contributed by atoms with Gasteiger partial charge in [-0.1, -0.05) is 19.3 Å². The standard InChI is InChI=1S/C18H26N2O4/c1-3-23-16-12-13(17(21)24-4-2)10-11-15(16)20-18(22)19-14-8-6-5-7-9-14/h10-12,14H,3-9H2,1-2H3,(H2,19,20,22). The van der Waals surface area contributed by atoms with Crippen LogP contribution in [0.15, 0.2) is 18.2 Å². The molecule has 1 aromatic carbocycles. The zero-order valence-electron chi connectivity index (χ0n) is 14.4. The van der Waals surface area contributed by atoms with E-state index in [1.54, 1.807) is 25.1 Å². The van der Waals surface area contributed by atoms with Crippen molar-refractivity contribution >= 4 is 17.7 Å². The second-order valence-corrected chi connectivity index (χ2v) is 5.80. The molecule has 6 heteroatoms. The predicted molar refractivity (Wildman–Crippen MR) is 92.6 cm³/mol. The molecule has 0 heterocycles. The third-order valence-corrected chi connectivity index (χ3v) is 3.98. The fourth-order valence-electron chi connectivity index (χ4n) is 2.83. The molecule has 0 unspecified atom stereocenters. The van der Waals surface area contributed by atoms with Crippen LogP contribution in [-0.4, -0.2) is 31.3 Å². The third kappa shape index (κ3) is 5.15. The summed E-state index contributed by atoms with van der Waals surface area (Å²) in [5, 5.41) is 5.81. The fourth-order valence-corrected chi connectivity index (χ4v) is 2.83. The van der Waals surface area contributed by atoms with Gasteiger partial charge in [0.15, 0.2) is 0 Å². The molecule has 0 saturated heterocycles. The van der Waals surface area contributed by atoms with Gasteiger partial charge in [0.1, 0.15) is 5.75 Å². The zero-order chi connectivity index (χ0) is 17.4. The average Bonchev–Trinajstić information content (AvgIpc) is 2.57. The first kappa shape index (κ1) is 18.1. The summed E-state index contributed by atoms with van der Waals surface area (Å²) in [5.74, 6) is 0.0542. The highest BCUT2D eigenvalue weighted by atomic mass is 16.5. The Labute approximate surface area is 142 Å². The number of hydrogen-bond acceptors (Lipinski definition) is 4. The van der Waals surface area contributed by atoms with Crippen LogP contribution in [-0.2, 0) is 4.74 Å². The second-order valence-electron chi connectivity index (χ2n) is 5.80. The molecular formula is C18H26N2O4. The van der Waals surface area contributed by atoms with Crippen molar-refractivity contribution in [1.29, 1.82) is 0 Å². The maximum absolute atomic E-state index is 12.2. The van der Waals surface area contributed by atoms with E-state index in [-0.39, 0.29) is 12.1 Å². The van der Waals surface area contributed by atoms with Gasteiger partial charge in [-0.3, -0.25) is 0 Å². The maximum Gasteiger partial charge on any atom is 0.338 e. The highest BCUT2D eigenvalue weighted by Crippen LogP contribution is 2.26. The van der Waals surface area contributed by atoms with E-state index in [2.05, 4.69) is 10.6 Å². The number of esters is 1. The Hall–Kier alpha value is -2.24.